The van der Waals surface area contributed by atoms with Gasteiger partial charge in [-0.25, -0.2) is 15.0 Å². The number of anilines is 2. The summed E-state index contributed by atoms with van der Waals surface area (Å²) >= 11 is 0. The lowest BCUT2D eigenvalue weighted by Crippen LogP contribution is -2.13. The van der Waals surface area contributed by atoms with Gasteiger partial charge in [-0.05, 0) is 62.1 Å². The first-order chi connectivity index (χ1) is 14.0. The van der Waals surface area contributed by atoms with Gasteiger partial charge in [0.05, 0.1) is 5.39 Å². The van der Waals surface area contributed by atoms with Gasteiger partial charge in [0.2, 0.25) is 0 Å². The number of nitrogens with two attached hydrogens (primary N) is 2. The third-order valence-electron chi connectivity index (χ3n) is 6.03. The Bertz CT molecular complexity index is 934. The Labute approximate surface area is 173 Å². The minimum absolute atomic E-state index is 0.392. The second-order valence-electron chi connectivity index (χ2n) is 8.19. The molecule has 0 bridgehead atoms. The normalized spacial score (nSPS) is 21.1. The van der Waals surface area contributed by atoms with Crippen molar-refractivity contribution in [3.05, 3.63) is 42.5 Å². The fraction of sp³-hybridized carbons (Fsp3) is 0.522. The lowest BCUT2D eigenvalue weighted by atomic mass is 9.83. The molecule has 1 saturated carbocycles. The highest BCUT2D eigenvalue weighted by molar-refractivity contribution is 5.86. The van der Waals surface area contributed by atoms with Crippen molar-refractivity contribution < 1.29 is 0 Å². The van der Waals surface area contributed by atoms with Gasteiger partial charge in [0.15, 0.2) is 0 Å². The van der Waals surface area contributed by atoms with Crippen LogP contribution in [0.15, 0.2) is 36.8 Å². The van der Waals surface area contributed by atoms with Crippen LogP contribution in [0.1, 0.15) is 71.0 Å². The SMILES string of the molecule is CC.C[C@@]1(CCCCc2cccc(N)n2)CCC(n2ccc3c(N)ncnc32)C1. The molecule has 0 radical (unpaired) electrons. The maximum absolute atomic E-state index is 5.98. The molecule has 156 valence electrons. The lowest BCUT2D eigenvalue weighted by molar-refractivity contribution is 0.284. The molecule has 0 saturated heterocycles. The van der Waals surface area contributed by atoms with E-state index in [1.807, 2.05) is 32.0 Å². The molecule has 0 aromatic carbocycles. The highest BCUT2D eigenvalue weighted by Gasteiger charge is 2.35. The molecule has 0 aliphatic heterocycles. The standard InChI is InChI=1S/C21H28N6.C2H6/c1-21(10-3-2-5-15-6-4-7-18(22)26-15)11-8-16(13-21)27-12-9-17-19(23)24-14-25-20(17)27;1-2/h4,6-7,9,12,14,16H,2-3,5,8,10-11,13H2,1H3,(H2,22,26)(H2,23,24,25);1-2H3/t16?,21-;/m1./s1. The van der Waals surface area contributed by atoms with Crippen LogP contribution in [-0.4, -0.2) is 19.5 Å². The van der Waals surface area contributed by atoms with Gasteiger partial charge in [0, 0.05) is 17.9 Å². The van der Waals surface area contributed by atoms with E-state index in [0.717, 1.165) is 29.6 Å². The topological polar surface area (TPSA) is 95.6 Å². The summed E-state index contributed by atoms with van der Waals surface area (Å²) in [5.74, 6) is 1.18. The zero-order valence-electron chi connectivity index (χ0n) is 17.9. The third kappa shape index (κ3) is 4.86. The van der Waals surface area contributed by atoms with E-state index in [0.29, 0.717) is 23.1 Å². The molecule has 3 heterocycles. The maximum Gasteiger partial charge on any atom is 0.145 e. The third-order valence-corrected chi connectivity index (χ3v) is 6.03. The quantitative estimate of drug-likeness (QED) is 0.563. The molecule has 2 atom stereocenters. The monoisotopic (exact) mass is 394 g/mol. The Hall–Kier alpha value is -2.63. The van der Waals surface area contributed by atoms with Gasteiger partial charge in [0.1, 0.15) is 23.6 Å². The molecule has 6 nitrogen and oxygen atoms in total. The van der Waals surface area contributed by atoms with E-state index in [-0.39, 0.29) is 0 Å². The summed E-state index contributed by atoms with van der Waals surface area (Å²) in [6.07, 6.45) is 12.0. The number of hydrogen-bond acceptors (Lipinski definition) is 5. The van der Waals surface area contributed by atoms with Crippen LogP contribution in [0.4, 0.5) is 11.6 Å². The first kappa shape index (κ1) is 21.1. The Balaban J connectivity index is 0.00000117. The first-order valence-electron chi connectivity index (χ1n) is 10.8. The van der Waals surface area contributed by atoms with Gasteiger partial charge in [-0.1, -0.05) is 33.3 Å². The lowest BCUT2D eigenvalue weighted by Gasteiger charge is -2.24. The molecular formula is C23H34N6. The number of rotatable bonds is 6. The van der Waals surface area contributed by atoms with Crippen molar-refractivity contribution in [2.75, 3.05) is 11.5 Å². The van der Waals surface area contributed by atoms with Crippen LogP contribution in [0.5, 0.6) is 0 Å². The average molecular weight is 395 g/mol. The van der Waals surface area contributed by atoms with E-state index in [1.165, 1.54) is 32.1 Å². The molecule has 1 unspecified atom stereocenters. The molecule has 29 heavy (non-hydrogen) atoms. The summed E-state index contributed by atoms with van der Waals surface area (Å²) in [4.78, 5) is 13.0. The fourth-order valence-electron chi connectivity index (χ4n) is 4.53. The number of fused-ring (bicyclic) bond motifs is 1. The highest BCUT2D eigenvalue weighted by Crippen LogP contribution is 2.48. The molecule has 1 aliphatic carbocycles. The van der Waals surface area contributed by atoms with Gasteiger partial charge in [-0.3, -0.25) is 0 Å². The fourth-order valence-corrected chi connectivity index (χ4v) is 4.53. The summed E-state index contributed by atoms with van der Waals surface area (Å²) in [5, 5.41) is 0.959. The Morgan fingerprint density at radius 1 is 1.14 bits per heavy atom. The molecule has 3 aromatic heterocycles. The minimum atomic E-state index is 0.392. The summed E-state index contributed by atoms with van der Waals surface area (Å²) in [5.41, 5.74) is 14.2. The van der Waals surface area contributed by atoms with E-state index in [1.54, 1.807) is 6.33 Å². The largest absolute Gasteiger partial charge is 0.384 e. The van der Waals surface area contributed by atoms with E-state index in [4.69, 9.17) is 11.5 Å². The maximum atomic E-state index is 5.98. The van der Waals surface area contributed by atoms with E-state index in [9.17, 15) is 0 Å². The number of hydrogen-bond donors (Lipinski definition) is 2. The predicted molar refractivity (Wildman–Crippen MR) is 120 cm³/mol. The highest BCUT2D eigenvalue weighted by atomic mass is 15.1. The van der Waals surface area contributed by atoms with E-state index in [2.05, 4.69) is 38.7 Å². The molecule has 4 rings (SSSR count). The van der Waals surface area contributed by atoms with Crippen LogP contribution in [0.2, 0.25) is 0 Å². The van der Waals surface area contributed by atoms with Crippen molar-refractivity contribution in [1.29, 1.82) is 0 Å². The summed E-state index contributed by atoms with van der Waals surface area (Å²) in [7, 11) is 0. The van der Waals surface area contributed by atoms with Crippen molar-refractivity contribution in [2.24, 2.45) is 5.41 Å². The van der Waals surface area contributed by atoms with E-state index >= 15 is 0 Å². The number of unbranched alkanes of at least 4 members (excludes halogenated alkanes) is 1. The van der Waals surface area contributed by atoms with Crippen LogP contribution in [0, 0.1) is 5.41 Å². The Kier molecular flexibility index (Phi) is 6.72. The van der Waals surface area contributed by atoms with Gasteiger partial charge in [-0.2, -0.15) is 0 Å². The summed E-state index contributed by atoms with van der Waals surface area (Å²) in [6, 6.07) is 8.43. The van der Waals surface area contributed by atoms with Crippen LogP contribution in [0.3, 0.4) is 0 Å². The number of nitrogens with zero attached hydrogens (tertiary/aromatic N) is 4. The second-order valence-corrected chi connectivity index (χ2v) is 8.19. The molecule has 0 spiro atoms. The smallest absolute Gasteiger partial charge is 0.145 e. The van der Waals surface area contributed by atoms with Gasteiger partial charge < -0.3 is 16.0 Å². The Morgan fingerprint density at radius 3 is 2.76 bits per heavy atom. The Morgan fingerprint density at radius 2 is 1.97 bits per heavy atom. The zero-order valence-corrected chi connectivity index (χ0v) is 17.9. The van der Waals surface area contributed by atoms with Gasteiger partial charge >= 0.3 is 0 Å². The minimum Gasteiger partial charge on any atom is -0.384 e. The molecule has 1 fully saturated rings. The van der Waals surface area contributed by atoms with Crippen molar-refractivity contribution in [3.63, 3.8) is 0 Å². The van der Waals surface area contributed by atoms with Crippen LogP contribution < -0.4 is 11.5 Å². The van der Waals surface area contributed by atoms with Crippen molar-refractivity contribution in [3.8, 4) is 0 Å². The molecule has 4 N–H and O–H groups in total. The number of aryl methyl sites for hydroxylation is 1. The predicted octanol–water partition coefficient (Wildman–Crippen LogP) is 5.16. The summed E-state index contributed by atoms with van der Waals surface area (Å²) in [6.45, 7) is 6.43. The van der Waals surface area contributed by atoms with Gasteiger partial charge in [0.25, 0.3) is 0 Å². The number of nitrogen functional groups attached to an aromatic ring is 2. The second kappa shape index (κ2) is 9.25. The average Bonchev–Trinajstić information content (AvgIpc) is 3.32. The summed E-state index contributed by atoms with van der Waals surface area (Å²) < 4.78 is 2.30. The van der Waals surface area contributed by atoms with Crippen molar-refractivity contribution in [1.82, 2.24) is 19.5 Å². The molecule has 6 heteroatoms. The zero-order chi connectivity index (χ0) is 20.9. The van der Waals surface area contributed by atoms with Crippen LogP contribution in [-0.2, 0) is 6.42 Å². The molecule has 1 aliphatic rings. The number of pyridine rings is 1. The van der Waals surface area contributed by atoms with Crippen molar-refractivity contribution >= 4 is 22.7 Å². The first-order valence-corrected chi connectivity index (χ1v) is 10.8. The van der Waals surface area contributed by atoms with E-state index < -0.39 is 0 Å². The van der Waals surface area contributed by atoms with Gasteiger partial charge in [-0.15, -0.1) is 0 Å². The number of aromatic nitrogens is 4. The molecular weight excluding hydrogens is 360 g/mol. The van der Waals surface area contributed by atoms with Crippen LogP contribution in [0.25, 0.3) is 11.0 Å². The van der Waals surface area contributed by atoms with Crippen LogP contribution >= 0.6 is 0 Å². The molecule has 0 amide bonds. The molecule has 3 aromatic rings. The van der Waals surface area contributed by atoms with Crippen molar-refractivity contribution in [2.45, 2.75) is 71.8 Å².